The molecule has 1 aliphatic rings. The van der Waals surface area contributed by atoms with Gasteiger partial charge in [0.2, 0.25) is 5.91 Å². The molecule has 168 valence electrons. The van der Waals surface area contributed by atoms with Crippen molar-refractivity contribution in [2.45, 2.75) is 64.6 Å². The summed E-state index contributed by atoms with van der Waals surface area (Å²) in [6.45, 7) is 5.64. The largest absolute Gasteiger partial charge is 0.380 e. The average molecular weight is 435 g/mol. The monoisotopic (exact) mass is 434 g/mol. The summed E-state index contributed by atoms with van der Waals surface area (Å²) in [6, 6.07) is 6.37. The predicted molar refractivity (Wildman–Crippen MR) is 125 cm³/mol. The second-order valence-corrected chi connectivity index (χ2v) is 8.76. The minimum absolute atomic E-state index is 0.000819. The maximum absolute atomic E-state index is 13.2. The Kier molecular flexibility index (Phi) is 6.39. The van der Waals surface area contributed by atoms with Gasteiger partial charge in [-0.05, 0) is 51.7 Å². The van der Waals surface area contributed by atoms with E-state index in [1.54, 1.807) is 23.8 Å². The Morgan fingerprint density at radius 3 is 2.41 bits per heavy atom. The van der Waals surface area contributed by atoms with Crippen LogP contribution < -0.4 is 16.0 Å². The number of pyridine rings is 1. The molecule has 3 aromatic heterocycles. The van der Waals surface area contributed by atoms with Crippen molar-refractivity contribution in [1.29, 1.82) is 0 Å². The Balaban J connectivity index is 1.57. The predicted octanol–water partition coefficient (Wildman–Crippen LogP) is 3.39. The number of amides is 2. The highest BCUT2D eigenvalue weighted by Gasteiger charge is 2.25. The molecule has 0 spiro atoms. The first-order valence-electron chi connectivity index (χ1n) is 11.2. The summed E-state index contributed by atoms with van der Waals surface area (Å²) in [4.78, 5) is 28.7. The molecule has 0 aromatic carbocycles. The van der Waals surface area contributed by atoms with Gasteiger partial charge in [0.05, 0.1) is 23.0 Å². The summed E-state index contributed by atoms with van der Waals surface area (Å²) in [5, 5.41) is 14.1. The molecule has 0 aliphatic heterocycles. The zero-order valence-electron chi connectivity index (χ0n) is 18.8. The standard InChI is InChI=1S/C24H30N6O2/c1-15(2)27-23-21(24(32)29-20-8-6-19(7-9-20)28-16(3)31)13-26-30-14-18(11-22(23)30)17-5-4-10-25-12-17/h4-5,10-15,19-20,27H,6-9H2,1-3H3,(H,28,31)(H,29,32)/t19-,20-. The van der Waals surface area contributed by atoms with E-state index in [-0.39, 0.29) is 29.9 Å². The van der Waals surface area contributed by atoms with Crippen LogP contribution in [0.4, 0.5) is 5.69 Å². The Bertz CT molecular complexity index is 1100. The number of aromatic nitrogens is 3. The Morgan fingerprint density at radius 1 is 1.06 bits per heavy atom. The molecule has 1 saturated carbocycles. The van der Waals surface area contributed by atoms with Gasteiger partial charge in [0.25, 0.3) is 5.91 Å². The first-order chi connectivity index (χ1) is 15.4. The lowest BCUT2D eigenvalue weighted by molar-refractivity contribution is -0.119. The van der Waals surface area contributed by atoms with Crippen molar-refractivity contribution in [1.82, 2.24) is 25.2 Å². The number of rotatable bonds is 6. The number of anilines is 1. The van der Waals surface area contributed by atoms with E-state index in [1.807, 2.05) is 44.4 Å². The third-order valence-electron chi connectivity index (χ3n) is 5.78. The zero-order chi connectivity index (χ0) is 22.7. The molecule has 0 unspecified atom stereocenters. The fraction of sp³-hybridized carbons (Fsp3) is 0.417. The van der Waals surface area contributed by atoms with Crippen LogP contribution in [0.3, 0.4) is 0 Å². The first-order valence-corrected chi connectivity index (χ1v) is 11.2. The van der Waals surface area contributed by atoms with Gasteiger partial charge in [-0.1, -0.05) is 6.07 Å². The number of nitrogens with one attached hydrogen (secondary N) is 3. The van der Waals surface area contributed by atoms with Crippen molar-refractivity contribution >= 4 is 23.0 Å². The summed E-state index contributed by atoms with van der Waals surface area (Å²) < 4.78 is 1.79. The van der Waals surface area contributed by atoms with E-state index in [2.05, 4.69) is 26.0 Å². The number of hydrogen-bond acceptors (Lipinski definition) is 5. The lowest BCUT2D eigenvalue weighted by atomic mass is 9.91. The quantitative estimate of drug-likeness (QED) is 0.552. The van der Waals surface area contributed by atoms with Crippen molar-refractivity contribution in [2.75, 3.05) is 5.32 Å². The number of nitrogens with zero attached hydrogens (tertiary/aromatic N) is 3. The molecule has 4 rings (SSSR count). The van der Waals surface area contributed by atoms with Crippen molar-refractivity contribution in [3.05, 3.63) is 48.5 Å². The average Bonchev–Trinajstić information content (AvgIpc) is 3.20. The highest BCUT2D eigenvalue weighted by molar-refractivity contribution is 6.03. The van der Waals surface area contributed by atoms with Crippen LogP contribution >= 0.6 is 0 Å². The number of carbonyl (C=O) groups excluding carboxylic acids is 2. The summed E-state index contributed by atoms with van der Waals surface area (Å²) in [7, 11) is 0. The van der Waals surface area contributed by atoms with Crippen LogP contribution in [-0.4, -0.2) is 44.5 Å². The Labute approximate surface area is 187 Å². The third kappa shape index (κ3) is 4.90. The molecule has 3 aromatic rings. The molecule has 3 N–H and O–H groups in total. The van der Waals surface area contributed by atoms with E-state index in [0.717, 1.165) is 48.0 Å². The fourth-order valence-corrected chi connectivity index (χ4v) is 4.29. The first kappa shape index (κ1) is 21.8. The second kappa shape index (κ2) is 9.38. The minimum Gasteiger partial charge on any atom is -0.380 e. The zero-order valence-corrected chi connectivity index (χ0v) is 18.8. The van der Waals surface area contributed by atoms with Gasteiger partial charge in [-0.15, -0.1) is 0 Å². The van der Waals surface area contributed by atoms with Gasteiger partial charge in [-0.2, -0.15) is 5.10 Å². The van der Waals surface area contributed by atoms with Crippen LogP contribution in [0.1, 0.15) is 56.8 Å². The molecule has 2 amide bonds. The molecule has 1 fully saturated rings. The number of fused-ring (bicyclic) bond motifs is 1. The van der Waals surface area contributed by atoms with Gasteiger partial charge < -0.3 is 16.0 Å². The van der Waals surface area contributed by atoms with E-state index in [9.17, 15) is 9.59 Å². The summed E-state index contributed by atoms with van der Waals surface area (Å²) >= 11 is 0. The molecular formula is C24H30N6O2. The van der Waals surface area contributed by atoms with Crippen molar-refractivity contribution in [3.63, 3.8) is 0 Å². The Hall–Kier alpha value is -3.42. The van der Waals surface area contributed by atoms with Crippen molar-refractivity contribution < 1.29 is 9.59 Å². The van der Waals surface area contributed by atoms with Crippen molar-refractivity contribution in [2.24, 2.45) is 0 Å². The highest BCUT2D eigenvalue weighted by atomic mass is 16.2. The number of carbonyl (C=O) groups is 2. The smallest absolute Gasteiger partial charge is 0.255 e. The van der Waals surface area contributed by atoms with Gasteiger partial charge in [0.1, 0.15) is 0 Å². The summed E-state index contributed by atoms with van der Waals surface area (Å²) in [6.07, 6.45) is 10.6. The normalized spacial score (nSPS) is 18.5. The summed E-state index contributed by atoms with van der Waals surface area (Å²) in [5.41, 5.74) is 4.14. The molecule has 0 atom stereocenters. The molecule has 1 aliphatic carbocycles. The van der Waals surface area contributed by atoms with Crippen LogP contribution in [0, 0.1) is 0 Å². The SMILES string of the molecule is CC(=O)N[C@H]1CC[C@H](NC(=O)c2cnn3cc(-c4cccnc4)cc3c2NC(C)C)CC1. The lowest BCUT2D eigenvalue weighted by Gasteiger charge is -2.29. The molecule has 0 bridgehead atoms. The van der Waals surface area contributed by atoms with Crippen LogP contribution in [0.2, 0.25) is 0 Å². The number of hydrogen-bond donors (Lipinski definition) is 3. The lowest BCUT2D eigenvalue weighted by Crippen LogP contribution is -2.43. The molecule has 8 nitrogen and oxygen atoms in total. The third-order valence-corrected chi connectivity index (χ3v) is 5.78. The van der Waals surface area contributed by atoms with Crippen LogP contribution in [0.15, 0.2) is 43.0 Å². The molecule has 0 saturated heterocycles. The highest BCUT2D eigenvalue weighted by Crippen LogP contribution is 2.29. The Morgan fingerprint density at radius 2 is 1.78 bits per heavy atom. The molecule has 0 radical (unpaired) electrons. The van der Waals surface area contributed by atoms with Crippen molar-refractivity contribution in [3.8, 4) is 11.1 Å². The summed E-state index contributed by atoms with van der Waals surface area (Å²) in [5.74, 6) is -0.130. The molecular weight excluding hydrogens is 404 g/mol. The van der Waals surface area contributed by atoms with E-state index in [4.69, 9.17) is 0 Å². The van der Waals surface area contributed by atoms with Gasteiger partial charge in [-0.25, -0.2) is 4.52 Å². The van der Waals surface area contributed by atoms with E-state index in [1.165, 1.54) is 0 Å². The second-order valence-electron chi connectivity index (χ2n) is 8.76. The van der Waals surface area contributed by atoms with Crippen LogP contribution in [-0.2, 0) is 4.79 Å². The van der Waals surface area contributed by atoms with E-state index < -0.39 is 0 Å². The van der Waals surface area contributed by atoms with Gasteiger partial charge in [0.15, 0.2) is 0 Å². The molecule has 8 heteroatoms. The molecule has 3 heterocycles. The maximum Gasteiger partial charge on any atom is 0.255 e. The maximum atomic E-state index is 13.2. The van der Waals surface area contributed by atoms with E-state index in [0.29, 0.717) is 5.56 Å². The van der Waals surface area contributed by atoms with Crippen LogP contribution in [0.25, 0.3) is 16.6 Å². The van der Waals surface area contributed by atoms with E-state index >= 15 is 0 Å². The van der Waals surface area contributed by atoms with Gasteiger partial charge in [-0.3, -0.25) is 14.6 Å². The van der Waals surface area contributed by atoms with Gasteiger partial charge in [0, 0.05) is 54.8 Å². The van der Waals surface area contributed by atoms with Crippen LogP contribution in [0.5, 0.6) is 0 Å². The topological polar surface area (TPSA) is 100 Å². The van der Waals surface area contributed by atoms with Gasteiger partial charge >= 0.3 is 0 Å². The molecule has 32 heavy (non-hydrogen) atoms. The minimum atomic E-state index is -0.129. The fourth-order valence-electron chi connectivity index (χ4n) is 4.29.